The SMILES string of the molecule is CCCCOc1ccc(/C=C/C(=O)NCc2ccccc2CN2CCOCC2)cc1OC. The summed E-state index contributed by atoms with van der Waals surface area (Å²) in [6.07, 6.45) is 5.42. The van der Waals surface area contributed by atoms with Gasteiger partial charge in [-0.3, -0.25) is 9.69 Å². The molecular formula is C26H34N2O4. The van der Waals surface area contributed by atoms with E-state index in [4.69, 9.17) is 14.2 Å². The molecule has 1 N–H and O–H groups in total. The van der Waals surface area contributed by atoms with Crippen molar-refractivity contribution in [2.45, 2.75) is 32.9 Å². The van der Waals surface area contributed by atoms with Crippen LogP contribution in [0.5, 0.6) is 11.5 Å². The summed E-state index contributed by atoms with van der Waals surface area (Å²) >= 11 is 0. The van der Waals surface area contributed by atoms with Crippen molar-refractivity contribution in [3.05, 3.63) is 65.2 Å². The van der Waals surface area contributed by atoms with Crippen LogP contribution in [0.1, 0.15) is 36.5 Å². The van der Waals surface area contributed by atoms with E-state index in [1.54, 1.807) is 19.3 Å². The van der Waals surface area contributed by atoms with Gasteiger partial charge in [0.2, 0.25) is 5.91 Å². The van der Waals surface area contributed by atoms with Gasteiger partial charge in [-0.05, 0) is 41.3 Å². The molecule has 1 aliphatic rings. The molecule has 172 valence electrons. The summed E-state index contributed by atoms with van der Waals surface area (Å²) in [6, 6.07) is 13.9. The lowest BCUT2D eigenvalue weighted by molar-refractivity contribution is -0.116. The molecule has 2 aromatic rings. The van der Waals surface area contributed by atoms with Gasteiger partial charge in [-0.15, -0.1) is 0 Å². The fraction of sp³-hybridized carbons (Fsp3) is 0.423. The van der Waals surface area contributed by atoms with Crippen LogP contribution in [0.4, 0.5) is 0 Å². The number of carbonyl (C=O) groups is 1. The van der Waals surface area contributed by atoms with Gasteiger partial charge in [0.1, 0.15) is 0 Å². The number of nitrogens with zero attached hydrogens (tertiary/aromatic N) is 1. The van der Waals surface area contributed by atoms with Crippen molar-refractivity contribution in [1.29, 1.82) is 0 Å². The molecular weight excluding hydrogens is 404 g/mol. The summed E-state index contributed by atoms with van der Waals surface area (Å²) in [7, 11) is 1.62. The molecule has 32 heavy (non-hydrogen) atoms. The second kappa shape index (κ2) is 12.9. The van der Waals surface area contributed by atoms with Crippen molar-refractivity contribution in [3.8, 4) is 11.5 Å². The normalized spacial score (nSPS) is 14.4. The number of carbonyl (C=O) groups excluding carboxylic acids is 1. The topological polar surface area (TPSA) is 60.0 Å². The Balaban J connectivity index is 1.54. The van der Waals surface area contributed by atoms with Crippen molar-refractivity contribution < 1.29 is 19.0 Å². The number of amides is 1. The Morgan fingerprint density at radius 3 is 2.66 bits per heavy atom. The largest absolute Gasteiger partial charge is 0.493 e. The third kappa shape index (κ3) is 7.39. The Morgan fingerprint density at radius 1 is 1.12 bits per heavy atom. The molecule has 0 unspecified atom stereocenters. The predicted molar refractivity (Wildman–Crippen MR) is 127 cm³/mol. The Bertz CT molecular complexity index is 891. The zero-order valence-electron chi connectivity index (χ0n) is 19.1. The van der Waals surface area contributed by atoms with Crippen molar-refractivity contribution in [2.24, 2.45) is 0 Å². The quantitative estimate of drug-likeness (QED) is 0.424. The summed E-state index contributed by atoms with van der Waals surface area (Å²) in [5.41, 5.74) is 3.26. The standard InChI is InChI=1S/C26H34N2O4/c1-3-4-15-32-24-11-9-21(18-25(24)30-2)10-12-26(29)27-19-22-7-5-6-8-23(22)20-28-13-16-31-17-14-28/h5-12,18H,3-4,13-17,19-20H2,1-2H3,(H,27,29)/b12-10+. The minimum Gasteiger partial charge on any atom is -0.493 e. The average molecular weight is 439 g/mol. The van der Waals surface area contributed by atoms with Gasteiger partial charge in [-0.1, -0.05) is 43.7 Å². The van der Waals surface area contributed by atoms with E-state index in [9.17, 15) is 4.79 Å². The van der Waals surface area contributed by atoms with E-state index in [0.717, 1.165) is 62.6 Å². The minimum atomic E-state index is -0.131. The van der Waals surface area contributed by atoms with Crippen molar-refractivity contribution in [2.75, 3.05) is 40.0 Å². The maximum absolute atomic E-state index is 12.4. The van der Waals surface area contributed by atoms with Crippen LogP contribution in [0.2, 0.25) is 0 Å². The molecule has 1 saturated heterocycles. The fourth-order valence-electron chi connectivity index (χ4n) is 3.53. The van der Waals surface area contributed by atoms with Crippen LogP contribution in [0, 0.1) is 0 Å². The number of unbranched alkanes of at least 4 members (excludes halogenated alkanes) is 1. The van der Waals surface area contributed by atoms with E-state index in [1.807, 2.05) is 30.3 Å². The van der Waals surface area contributed by atoms with Gasteiger partial charge in [0, 0.05) is 32.3 Å². The molecule has 6 heteroatoms. The fourth-order valence-corrected chi connectivity index (χ4v) is 3.53. The molecule has 1 fully saturated rings. The van der Waals surface area contributed by atoms with Crippen molar-refractivity contribution in [3.63, 3.8) is 0 Å². The van der Waals surface area contributed by atoms with E-state index in [0.29, 0.717) is 18.9 Å². The Labute approximate surface area is 191 Å². The number of methoxy groups -OCH3 is 1. The lowest BCUT2D eigenvalue weighted by Crippen LogP contribution is -2.36. The Hall–Kier alpha value is -2.83. The van der Waals surface area contributed by atoms with Crippen molar-refractivity contribution in [1.82, 2.24) is 10.2 Å². The summed E-state index contributed by atoms with van der Waals surface area (Å²) in [6.45, 7) is 7.60. The highest BCUT2D eigenvalue weighted by molar-refractivity contribution is 5.91. The predicted octanol–water partition coefficient (Wildman–Crippen LogP) is 4.04. The molecule has 1 aliphatic heterocycles. The highest BCUT2D eigenvalue weighted by Gasteiger charge is 2.13. The lowest BCUT2D eigenvalue weighted by Gasteiger charge is -2.27. The first kappa shape index (κ1) is 23.8. The first-order chi connectivity index (χ1) is 15.7. The second-order valence-electron chi connectivity index (χ2n) is 7.82. The number of hydrogen-bond donors (Lipinski definition) is 1. The van der Waals surface area contributed by atoms with Crippen LogP contribution in [-0.2, 0) is 22.6 Å². The van der Waals surface area contributed by atoms with E-state index in [1.165, 1.54) is 5.56 Å². The maximum Gasteiger partial charge on any atom is 0.244 e. The average Bonchev–Trinajstić information content (AvgIpc) is 2.83. The van der Waals surface area contributed by atoms with Crippen molar-refractivity contribution >= 4 is 12.0 Å². The van der Waals surface area contributed by atoms with Crippen LogP contribution in [0.25, 0.3) is 6.08 Å². The van der Waals surface area contributed by atoms with Gasteiger partial charge in [0.05, 0.1) is 26.9 Å². The molecule has 0 atom stereocenters. The summed E-state index contributed by atoms with van der Waals surface area (Å²) < 4.78 is 16.6. The third-order valence-electron chi connectivity index (χ3n) is 5.44. The van der Waals surface area contributed by atoms with E-state index < -0.39 is 0 Å². The number of rotatable bonds is 11. The van der Waals surface area contributed by atoms with E-state index in [2.05, 4.69) is 29.3 Å². The molecule has 0 spiro atoms. The second-order valence-corrected chi connectivity index (χ2v) is 7.82. The molecule has 0 aliphatic carbocycles. The molecule has 2 aromatic carbocycles. The van der Waals surface area contributed by atoms with Crippen LogP contribution in [-0.4, -0.2) is 50.8 Å². The molecule has 3 rings (SSSR count). The van der Waals surface area contributed by atoms with Gasteiger partial charge in [-0.25, -0.2) is 0 Å². The van der Waals surface area contributed by atoms with Gasteiger partial charge in [-0.2, -0.15) is 0 Å². The summed E-state index contributed by atoms with van der Waals surface area (Å²) in [5, 5.41) is 3.00. The molecule has 0 aromatic heterocycles. The first-order valence-corrected chi connectivity index (χ1v) is 11.3. The Kier molecular flexibility index (Phi) is 9.60. The molecule has 1 heterocycles. The maximum atomic E-state index is 12.4. The van der Waals surface area contributed by atoms with Crippen LogP contribution in [0.3, 0.4) is 0 Å². The molecule has 1 amide bonds. The summed E-state index contributed by atoms with van der Waals surface area (Å²) in [5.74, 6) is 1.26. The highest BCUT2D eigenvalue weighted by atomic mass is 16.5. The number of hydrogen-bond acceptors (Lipinski definition) is 5. The lowest BCUT2D eigenvalue weighted by atomic mass is 10.1. The summed E-state index contributed by atoms with van der Waals surface area (Å²) in [4.78, 5) is 14.8. The van der Waals surface area contributed by atoms with Gasteiger partial charge in [0.25, 0.3) is 0 Å². The van der Waals surface area contributed by atoms with Gasteiger partial charge in [0.15, 0.2) is 11.5 Å². The molecule has 0 bridgehead atoms. The zero-order chi connectivity index (χ0) is 22.6. The first-order valence-electron chi connectivity index (χ1n) is 11.3. The smallest absolute Gasteiger partial charge is 0.244 e. The van der Waals surface area contributed by atoms with Gasteiger partial charge < -0.3 is 19.5 Å². The monoisotopic (exact) mass is 438 g/mol. The Morgan fingerprint density at radius 2 is 1.91 bits per heavy atom. The number of morpholine rings is 1. The molecule has 0 saturated carbocycles. The number of ether oxygens (including phenoxy) is 3. The van der Waals surface area contributed by atoms with E-state index >= 15 is 0 Å². The third-order valence-corrected chi connectivity index (χ3v) is 5.44. The molecule has 6 nitrogen and oxygen atoms in total. The van der Waals surface area contributed by atoms with Crippen LogP contribution >= 0.6 is 0 Å². The highest BCUT2D eigenvalue weighted by Crippen LogP contribution is 2.28. The molecule has 0 radical (unpaired) electrons. The minimum absolute atomic E-state index is 0.131. The zero-order valence-corrected chi connectivity index (χ0v) is 19.1. The van der Waals surface area contributed by atoms with Gasteiger partial charge >= 0.3 is 0 Å². The van der Waals surface area contributed by atoms with Crippen LogP contribution in [0.15, 0.2) is 48.5 Å². The van der Waals surface area contributed by atoms with E-state index in [-0.39, 0.29) is 5.91 Å². The number of nitrogens with one attached hydrogen (secondary N) is 1. The van der Waals surface area contributed by atoms with Crippen LogP contribution < -0.4 is 14.8 Å². The number of benzene rings is 2.